The summed E-state index contributed by atoms with van der Waals surface area (Å²) in [6.07, 6.45) is 4.69. The zero-order chi connectivity index (χ0) is 13.4. The molecule has 0 amide bonds. The summed E-state index contributed by atoms with van der Waals surface area (Å²) >= 11 is 0. The van der Waals surface area contributed by atoms with E-state index < -0.39 is 0 Å². The Kier molecular flexibility index (Phi) is 6.07. The molecule has 1 aromatic rings. The molecule has 1 unspecified atom stereocenters. The molecule has 0 radical (unpaired) electrons. The number of hydrogen-bond acceptors (Lipinski definition) is 3. The van der Waals surface area contributed by atoms with E-state index in [9.17, 15) is 0 Å². The fraction of sp³-hybridized carbons (Fsp3) is 0.533. The minimum Gasteiger partial charge on any atom is -0.495 e. The fourth-order valence-corrected chi connectivity index (χ4v) is 1.93. The van der Waals surface area contributed by atoms with Crippen molar-refractivity contribution in [1.82, 2.24) is 0 Å². The average molecular weight is 246 g/mol. The van der Waals surface area contributed by atoms with Gasteiger partial charge in [0.25, 0.3) is 0 Å². The van der Waals surface area contributed by atoms with E-state index >= 15 is 0 Å². The first-order valence-corrected chi connectivity index (χ1v) is 6.59. The number of methoxy groups -OCH3 is 1. The molecule has 1 atom stereocenters. The second-order valence-electron chi connectivity index (χ2n) is 4.42. The zero-order valence-corrected chi connectivity index (χ0v) is 11.5. The summed E-state index contributed by atoms with van der Waals surface area (Å²) in [6.45, 7) is 4.39. The summed E-state index contributed by atoms with van der Waals surface area (Å²) in [5.74, 6) is 0.740. The highest BCUT2D eigenvalue weighted by atomic mass is 16.5. The van der Waals surface area contributed by atoms with Gasteiger partial charge in [-0.05, 0) is 25.0 Å². The van der Waals surface area contributed by atoms with Crippen LogP contribution in [0, 0.1) is 11.3 Å². The third-order valence-corrected chi connectivity index (χ3v) is 3.09. The van der Waals surface area contributed by atoms with Crippen LogP contribution in [0.3, 0.4) is 0 Å². The van der Waals surface area contributed by atoms with Crippen molar-refractivity contribution in [2.75, 3.05) is 12.4 Å². The van der Waals surface area contributed by atoms with Crippen molar-refractivity contribution >= 4 is 5.69 Å². The fourth-order valence-electron chi connectivity index (χ4n) is 1.93. The minimum absolute atomic E-state index is 0.465. The van der Waals surface area contributed by atoms with Gasteiger partial charge in [0.2, 0.25) is 0 Å². The van der Waals surface area contributed by atoms with Crippen LogP contribution in [0.4, 0.5) is 5.69 Å². The van der Waals surface area contributed by atoms with E-state index in [2.05, 4.69) is 25.2 Å². The van der Waals surface area contributed by atoms with Gasteiger partial charge in [-0.25, -0.2) is 0 Å². The summed E-state index contributed by atoms with van der Waals surface area (Å²) in [4.78, 5) is 0. The van der Waals surface area contributed by atoms with Crippen LogP contribution in [-0.2, 0) is 0 Å². The van der Waals surface area contributed by atoms with E-state index in [4.69, 9.17) is 10.00 Å². The van der Waals surface area contributed by atoms with Gasteiger partial charge in [0.1, 0.15) is 5.75 Å². The highest BCUT2D eigenvalue weighted by Gasteiger charge is 2.09. The Balaban J connectivity index is 2.79. The number of nitrogens with one attached hydrogen (secondary N) is 1. The minimum atomic E-state index is 0.465. The monoisotopic (exact) mass is 246 g/mol. The Bertz CT molecular complexity index is 409. The van der Waals surface area contributed by atoms with E-state index in [1.165, 1.54) is 12.8 Å². The number of ether oxygens (including phenoxy) is 1. The molecule has 0 aliphatic heterocycles. The van der Waals surface area contributed by atoms with Crippen molar-refractivity contribution in [1.29, 1.82) is 5.26 Å². The van der Waals surface area contributed by atoms with Gasteiger partial charge < -0.3 is 10.1 Å². The summed E-state index contributed by atoms with van der Waals surface area (Å²) in [5, 5.41) is 12.4. The topological polar surface area (TPSA) is 45.0 Å². The lowest BCUT2D eigenvalue weighted by atomic mass is 10.1. The molecule has 1 aromatic carbocycles. The first-order valence-electron chi connectivity index (χ1n) is 6.59. The second kappa shape index (κ2) is 7.60. The number of nitriles is 1. The number of rotatable bonds is 7. The van der Waals surface area contributed by atoms with Gasteiger partial charge in [0.05, 0.1) is 24.4 Å². The quantitative estimate of drug-likeness (QED) is 0.792. The molecule has 0 aliphatic carbocycles. The molecule has 0 heterocycles. The Morgan fingerprint density at radius 3 is 2.72 bits per heavy atom. The molecule has 98 valence electrons. The molecule has 3 heteroatoms. The lowest BCUT2D eigenvalue weighted by Crippen LogP contribution is -2.18. The van der Waals surface area contributed by atoms with Gasteiger partial charge in [-0.2, -0.15) is 5.26 Å². The number of hydrogen-bond donors (Lipinski definition) is 1. The van der Waals surface area contributed by atoms with Crippen molar-refractivity contribution < 1.29 is 4.74 Å². The van der Waals surface area contributed by atoms with Crippen molar-refractivity contribution in [2.45, 2.75) is 45.6 Å². The van der Waals surface area contributed by atoms with Crippen LogP contribution in [0.15, 0.2) is 18.2 Å². The van der Waals surface area contributed by atoms with E-state index in [-0.39, 0.29) is 0 Å². The summed E-state index contributed by atoms with van der Waals surface area (Å²) in [7, 11) is 1.63. The maximum absolute atomic E-state index is 8.87. The largest absolute Gasteiger partial charge is 0.495 e. The number of anilines is 1. The lowest BCUT2D eigenvalue weighted by Gasteiger charge is -2.20. The van der Waals surface area contributed by atoms with Gasteiger partial charge in [-0.3, -0.25) is 0 Å². The molecule has 3 nitrogen and oxygen atoms in total. The van der Waals surface area contributed by atoms with Crippen molar-refractivity contribution in [3.05, 3.63) is 23.8 Å². The van der Waals surface area contributed by atoms with Crippen LogP contribution in [0.2, 0.25) is 0 Å². The normalized spacial score (nSPS) is 11.7. The van der Waals surface area contributed by atoms with E-state index in [0.29, 0.717) is 11.6 Å². The van der Waals surface area contributed by atoms with Crippen LogP contribution in [0.1, 0.15) is 45.1 Å². The van der Waals surface area contributed by atoms with E-state index in [0.717, 1.165) is 24.3 Å². The molecule has 0 fully saturated rings. The molecule has 18 heavy (non-hydrogen) atoms. The molecule has 0 saturated carbocycles. The smallest absolute Gasteiger partial charge is 0.143 e. The molecule has 1 N–H and O–H groups in total. The average Bonchev–Trinajstić information content (AvgIpc) is 2.43. The van der Waals surface area contributed by atoms with Gasteiger partial charge >= 0.3 is 0 Å². The summed E-state index contributed by atoms with van der Waals surface area (Å²) in [6, 6.07) is 8.10. The number of benzene rings is 1. The Labute approximate surface area is 110 Å². The lowest BCUT2D eigenvalue weighted by molar-refractivity contribution is 0.415. The predicted octanol–water partition coefficient (Wildman–Crippen LogP) is 3.95. The van der Waals surface area contributed by atoms with Gasteiger partial charge in [-0.15, -0.1) is 0 Å². The van der Waals surface area contributed by atoms with Crippen LogP contribution in [0.5, 0.6) is 5.75 Å². The second-order valence-corrected chi connectivity index (χ2v) is 4.42. The third kappa shape index (κ3) is 3.96. The molecule has 0 bridgehead atoms. The van der Waals surface area contributed by atoms with Crippen LogP contribution in [0.25, 0.3) is 0 Å². The molecule has 1 rings (SSSR count). The van der Waals surface area contributed by atoms with E-state index in [1.807, 2.05) is 12.1 Å². The zero-order valence-electron chi connectivity index (χ0n) is 11.5. The number of nitrogens with zero attached hydrogens (tertiary/aromatic N) is 1. The van der Waals surface area contributed by atoms with E-state index in [1.54, 1.807) is 13.2 Å². The van der Waals surface area contributed by atoms with Crippen molar-refractivity contribution in [3.63, 3.8) is 0 Å². The number of unbranched alkanes of at least 4 members (excludes halogenated alkanes) is 1. The Morgan fingerprint density at radius 2 is 2.17 bits per heavy atom. The molecule has 0 aliphatic rings. The standard InChI is InChI=1S/C15H22N2O/c1-4-6-7-13(5-2)17-14-9-8-12(11-16)10-15(14)18-3/h8-10,13,17H,4-7H2,1-3H3. The van der Waals surface area contributed by atoms with Crippen molar-refractivity contribution in [2.24, 2.45) is 0 Å². The Morgan fingerprint density at radius 1 is 1.39 bits per heavy atom. The van der Waals surface area contributed by atoms with Gasteiger partial charge in [0.15, 0.2) is 0 Å². The molecule has 0 saturated heterocycles. The molecule has 0 spiro atoms. The highest BCUT2D eigenvalue weighted by Crippen LogP contribution is 2.27. The van der Waals surface area contributed by atoms with Gasteiger partial charge in [-0.1, -0.05) is 26.7 Å². The molecule has 0 aromatic heterocycles. The van der Waals surface area contributed by atoms with Crippen molar-refractivity contribution in [3.8, 4) is 11.8 Å². The third-order valence-electron chi connectivity index (χ3n) is 3.09. The maximum Gasteiger partial charge on any atom is 0.143 e. The first kappa shape index (κ1) is 14.4. The predicted molar refractivity (Wildman–Crippen MR) is 74.9 cm³/mol. The summed E-state index contributed by atoms with van der Waals surface area (Å²) < 4.78 is 5.32. The van der Waals surface area contributed by atoms with Crippen LogP contribution >= 0.6 is 0 Å². The first-order chi connectivity index (χ1) is 8.74. The Hall–Kier alpha value is -1.69. The highest BCUT2D eigenvalue weighted by molar-refractivity contribution is 5.59. The SMILES string of the molecule is CCCCC(CC)Nc1ccc(C#N)cc1OC. The maximum atomic E-state index is 8.87. The van der Waals surface area contributed by atoms with Crippen LogP contribution in [-0.4, -0.2) is 13.2 Å². The van der Waals surface area contributed by atoms with Crippen LogP contribution < -0.4 is 10.1 Å². The summed E-state index contributed by atoms with van der Waals surface area (Å²) in [5.41, 5.74) is 1.60. The molecular weight excluding hydrogens is 224 g/mol. The molecular formula is C15H22N2O. The van der Waals surface area contributed by atoms with Gasteiger partial charge in [0, 0.05) is 12.1 Å².